The largest absolute Gasteiger partial charge is 0.351 e. The molecule has 0 atom stereocenters. The van der Waals surface area contributed by atoms with Crippen molar-refractivity contribution in [3.8, 4) is 0 Å². The molecule has 0 aromatic carbocycles. The van der Waals surface area contributed by atoms with Gasteiger partial charge < -0.3 is 10.1 Å². The third-order valence-electron chi connectivity index (χ3n) is 3.75. The van der Waals surface area contributed by atoms with Gasteiger partial charge in [-0.25, -0.2) is 0 Å². The Balaban J connectivity index is 2.15. The van der Waals surface area contributed by atoms with E-state index in [0.29, 0.717) is 0 Å². The number of ether oxygens (including phenoxy) is 1. The van der Waals surface area contributed by atoms with Crippen molar-refractivity contribution in [2.75, 3.05) is 19.6 Å². The molecule has 3 heteroatoms. The van der Waals surface area contributed by atoms with Crippen LogP contribution >= 0.6 is 0 Å². The van der Waals surface area contributed by atoms with Crippen LogP contribution in [0, 0.1) is 5.41 Å². The Morgan fingerprint density at radius 1 is 1.00 bits per heavy atom. The molecule has 0 radical (unpaired) electrons. The summed E-state index contributed by atoms with van der Waals surface area (Å²) < 4.78 is 6.14. The van der Waals surface area contributed by atoms with Gasteiger partial charge in [0.25, 0.3) is 0 Å². The van der Waals surface area contributed by atoms with Crippen LogP contribution in [0.1, 0.15) is 27.7 Å². The van der Waals surface area contributed by atoms with Gasteiger partial charge in [0.2, 0.25) is 0 Å². The highest BCUT2D eigenvalue weighted by atomic mass is 16.5. The lowest BCUT2D eigenvalue weighted by Crippen LogP contribution is -2.77. The lowest BCUT2D eigenvalue weighted by molar-refractivity contribution is -0.251. The Bertz CT molecular complexity index is 219. The maximum atomic E-state index is 6.14. The van der Waals surface area contributed by atoms with Crippen molar-refractivity contribution in [1.82, 2.24) is 10.6 Å². The molecule has 2 fully saturated rings. The predicted octanol–water partition coefficient (Wildman–Crippen LogP) is 0.710. The lowest BCUT2D eigenvalue weighted by atomic mass is 9.74. The Kier molecular flexibility index (Phi) is 1.79. The minimum atomic E-state index is -0.0704. The quantitative estimate of drug-likeness (QED) is 0.582. The first-order valence-corrected chi connectivity index (χ1v) is 5.03. The predicted molar refractivity (Wildman–Crippen MR) is 52.5 cm³/mol. The Labute approximate surface area is 80.2 Å². The summed E-state index contributed by atoms with van der Waals surface area (Å²) in [6.45, 7) is 11.8. The molecular formula is C10H20N2O. The smallest absolute Gasteiger partial charge is 0.145 e. The summed E-state index contributed by atoms with van der Waals surface area (Å²) >= 11 is 0. The van der Waals surface area contributed by atoms with Crippen molar-refractivity contribution >= 4 is 0 Å². The Hall–Kier alpha value is -0.120. The Morgan fingerprint density at radius 2 is 1.62 bits per heavy atom. The fourth-order valence-corrected chi connectivity index (χ4v) is 1.81. The summed E-state index contributed by atoms with van der Waals surface area (Å²) in [5, 5.41) is 6.74. The number of hydrogen-bond acceptors (Lipinski definition) is 3. The van der Waals surface area contributed by atoms with Crippen molar-refractivity contribution < 1.29 is 4.74 Å². The van der Waals surface area contributed by atoms with E-state index in [1.807, 2.05) is 0 Å². The highest BCUT2D eigenvalue weighted by Crippen LogP contribution is 2.40. The van der Waals surface area contributed by atoms with Gasteiger partial charge in [0, 0.05) is 25.0 Å². The fourth-order valence-electron chi connectivity index (χ4n) is 1.81. The van der Waals surface area contributed by atoms with Crippen molar-refractivity contribution in [2.45, 2.75) is 39.0 Å². The first-order valence-electron chi connectivity index (χ1n) is 5.03. The molecule has 0 aromatic heterocycles. The van der Waals surface area contributed by atoms with E-state index in [2.05, 4.69) is 38.3 Å². The molecule has 2 heterocycles. The third-order valence-corrected chi connectivity index (χ3v) is 3.75. The summed E-state index contributed by atoms with van der Waals surface area (Å²) in [7, 11) is 0. The van der Waals surface area contributed by atoms with E-state index in [1.165, 1.54) is 0 Å². The van der Waals surface area contributed by atoms with Crippen molar-refractivity contribution in [3.63, 3.8) is 0 Å². The normalized spacial score (nSPS) is 34.2. The number of nitrogens with one attached hydrogen (secondary N) is 2. The van der Waals surface area contributed by atoms with E-state index in [-0.39, 0.29) is 16.7 Å². The van der Waals surface area contributed by atoms with Gasteiger partial charge in [-0.1, -0.05) is 13.8 Å². The summed E-state index contributed by atoms with van der Waals surface area (Å²) in [6.07, 6.45) is 0. The van der Waals surface area contributed by atoms with E-state index in [9.17, 15) is 0 Å². The molecule has 0 amide bonds. The van der Waals surface area contributed by atoms with Crippen LogP contribution < -0.4 is 10.6 Å². The van der Waals surface area contributed by atoms with E-state index < -0.39 is 0 Å². The molecule has 2 aliphatic rings. The van der Waals surface area contributed by atoms with Crippen LogP contribution in [0.5, 0.6) is 0 Å². The zero-order valence-corrected chi connectivity index (χ0v) is 9.03. The SMILES string of the molecule is CC1(C)CNC2(CNC2)OC1(C)C. The van der Waals surface area contributed by atoms with E-state index in [0.717, 1.165) is 19.6 Å². The zero-order chi connectivity index (χ0) is 9.74. The highest BCUT2D eigenvalue weighted by Gasteiger charge is 2.52. The molecule has 0 bridgehead atoms. The molecule has 3 nitrogen and oxygen atoms in total. The van der Waals surface area contributed by atoms with Gasteiger partial charge >= 0.3 is 0 Å². The molecular weight excluding hydrogens is 164 g/mol. The van der Waals surface area contributed by atoms with Crippen LogP contribution in [0.4, 0.5) is 0 Å². The summed E-state index contributed by atoms with van der Waals surface area (Å²) in [6, 6.07) is 0. The molecule has 0 saturated carbocycles. The highest BCUT2D eigenvalue weighted by molar-refractivity contribution is 5.04. The molecule has 2 saturated heterocycles. The van der Waals surface area contributed by atoms with E-state index in [1.54, 1.807) is 0 Å². The van der Waals surface area contributed by atoms with Crippen LogP contribution in [-0.4, -0.2) is 31.0 Å². The van der Waals surface area contributed by atoms with Gasteiger partial charge in [0.1, 0.15) is 5.72 Å². The fraction of sp³-hybridized carbons (Fsp3) is 1.00. The minimum Gasteiger partial charge on any atom is -0.351 e. The molecule has 2 N–H and O–H groups in total. The number of hydrogen-bond donors (Lipinski definition) is 2. The summed E-state index contributed by atoms with van der Waals surface area (Å²) in [5.41, 5.74) is 0.0905. The van der Waals surface area contributed by atoms with Gasteiger partial charge in [0.15, 0.2) is 0 Å². The summed E-state index contributed by atoms with van der Waals surface area (Å²) in [4.78, 5) is 0. The second-order valence-electron chi connectivity index (χ2n) is 5.45. The maximum absolute atomic E-state index is 6.14. The van der Waals surface area contributed by atoms with Gasteiger partial charge in [-0.15, -0.1) is 0 Å². The van der Waals surface area contributed by atoms with Crippen molar-refractivity contribution in [3.05, 3.63) is 0 Å². The first kappa shape index (κ1) is 9.44. The van der Waals surface area contributed by atoms with Crippen LogP contribution in [0.3, 0.4) is 0 Å². The lowest BCUT2D eigenvalue weighted by Gasteiger charge is -2.57. The zero-order valence-electron chi connectivity index (χ0n) is 9.03. The van der Waals surface area contributed by atoms with Crippen LogP contribution in [-0.2, 0) is 4.74 Å². The van der Waals surface area contributed by atoms with Gasteiger partial charge in [0.05, 0.1) is 5.60 Å². The van der Waals surface area contributed by atoms with Gasteiger partial charge in [-0.3, -0.25) is 5.32 Å². The van der Waals surface area contributed by atoms with Crippen LogP contribution in [0.25, 0.3) is 0 Å². The van der Waals surface area contributed by atoms with Gasteiger partial charge in [-0.2, -0.15) is 0 Å². The van der Waals surface area contributed by atoms with Crippen LogP contribution in [0.2, 0.25) is 0 Å². The van der Waals surface area contributed by atoms with Crippen molar-refractivity contribution in [1.29, 1.82) is 0 Å². The molecule has 0 unspecified atom stereocenters. The summed E-state index contributed by atoms with van der Waals surface area (Å²) in [5.74, 6) is 0. The van der Waals surface area contributed by atoms with Crippen LogP contribution in [0.15, 0.2) is 0 Å². The maximum Gasteiger partial charge on any atom is 0.145 e. The monoisotopic (exact) mass is 184 g/mol. The molecule has 13 heavy (non-hydrogen) atoms. The topological polar surface area (TPSA) is 33.3 Å². The first-order chi connectivity index (χ1) is 5.87. The average molecular weight is 184 g/mol. The minimum absolute atomic E-state index is 0.0413. The number of rotatable bonds is 0. The molecule has 0 aliphatic carbocycles. The standard InChI is InChI=1S/C10H20N2O/c1-8(2)5-12-10(6-11-7-10)13-9(8,3)4/h11-12H,5-7H2,1-4H3. The van der Waals surface area contributed by atoms with Gasteiger partial charge in [-0.05, 0) is 13.8 Å². The average Bonchev–Trinajstić information content (AvgIpc) is 1.92. The van der Waals surface area contributed by atoms with E-state index >= 15 is 0 Å². The Morgan fingerprint density at radius 3 is 2.00 bits per heavy atom. The molecule has 1 spiro atoms. The molecule has 0 aromatic rings. The second kappa shape index (κ2) is 2.47. The van der Waals surface area contributed by atoms with E-state index in [4.69, 9.17) is 4.74 Å². The molecule has 2 rings (SSSR count). The third kappa shape index (κ3) is 1.30. The van der Waals surface area contributed by atoms with Crippen molar-refractivity contribution in [2.24, 2.45) is 5.41 Å². The molecule has 76 valence electrons. The molecule has 2 aliphatic heterocycles. The second-order valence-corrected chi connectivity index (χ2v) is 5.45.